The number of hydrogen-bond acceptors (Lipinski definition) is 0. The molecule has 1 aliphatic carbocycles. The molecule has 5 atom stereocenters. The fourth-order valence-electron chi connectivity index (χ4n) is 2.63. The summed E-state index contributed by atoms with van der Waals surface area (Å²) in [6.07, 6.45) is 2.69. The summed E-state index contributed by atoms with van der Waals surface area (Å²) in [5, 5.41) is 0. The van der Waals surface area contributed by atoms with E-state index in [1.165, 1.54) is 12.6 Å². The first kappa shape index (κ1) is 11.5. The lowest BCUT2D eigenvalue weighted by atomic mass is 9.78. The highest BCUT2D eigenvalue weighted by Gasteiger charge is 2.50. The van der Waals surface area contributed by atoms with Crippen molar-refractivity contribution in [2.24, 2.45) is 29.1 Å². The summed E-state index contributed by atoms with van der Waals surface area (Å²) < 4.78 is 0. The van der Waals surface area contributed by atoms with Crippen molar-refractivity contribution in [1.29, 1.82) is 0 Å². The highest BCUT2D eigenvalue weighted by molar-refractivity contribution is 7.16. The zero-order chi connectivity index (χ0) is 10.2. The van der Waals surface area contributed by atoms with Crippen LogP contribution in [0.5, 0.6) is 0 Å². The molecule has 1 rings (SSSR count). The SMILES string of the molecule is CC1C(CCP)C1C(C)C(C)(C)C. The monoisotopic (exact) mass is 200 g/mol. The summed E-state index contributed by atoms with van der Waals surface area (Å²) >= 11 is 0. The molecule has 0 bridgehead atoms. The Morgan fingerprint density at radius 2 is 1.85 bits per heavy atom. The van der Waals surface area contributed by atoms with Gasteiger partial charge in [-0.15, -0.1) is 9.24 Å². The van der Waals surface area contributed by atoms with Crippen LogP contribution in [0.25, 0.3) is 0 Å². The molecule has 0 aromatic heterocycles. The Morgan fingerprint density at radius 1 is 1.31 bits per heavy atom. The summed E-state index contributed by atoms with van der Waals surface area (Å²) in [5.41, 5.74) is 0.495. The summed E-state index contributed by atoms with van der Waals surface area (Å²) in [5.74, 6) is 3.88. The molecule has 0 spiro atoms. The molecule has 0 aromatic rings. The smallest absolute Gasteiger partial charge is 0.0324 e. The molecule has 0 aromatic carbocycles. The van der Waals surface area contributed by atoms with Gasteiger partial charge in [-0.1, -0.05) is 34.6 Å². The van der Waals surface area contributed by atoms with Crippen LogP contribution in [0, 0.1) is 29.1 Å². The number of hydrogen-bond donors (Lipinski definition) is 0. The van der Waals surface area contributed by atoms with Gasteiger partial charge in [-0.3, -0.25) is 0 Å². The molecule has 1 aliphatic rings. The van der Waals surface area contributed by atoms with Crippen molar-refractivity contribution in [3.63, 3.8) is 0 Å². The molecule has 1 saturated carbocycles. The third-order valence-electron chi connectivity index (χ3n) is 4.08. The second kappa shape index (κ2) is 3.89. The average Bonchev–Trinajstić information content (AvgIpc) is 2.59. The molecule has 1 fully saturated rings. The van der Waals surface area contributed by atoms with Crippen LogP contribution >= 0.6 is 9.24 Å². The Labute approximate surface area is 86.1 Å². The average molecular weight is 200 g/mol. The van der Waals surface area contributed by atoms with Gasteiger partial charge >= 0.3 is 0 Å². The van der Waals surface area contributed by atoms with Crippen LogP contribution < -0.4 is 0 Å². The van der Waals surface area contributed by atoms with Gasteiger partial charge in [0.15, 0.2) is 0 Å². The van der Waals surface area contributed by atoms with Crippen molar-refractivity contribution in [3.8, 4) is 0 Å². The molecule has 1 heteroatoms. The lowest BCUT2D eigenvalue weighted by molar-refractivity contribution is 0.218. The molecule has 0 N–H and O–H groups in total. The molecule has 0 heterocycles. The maximum atomic E-state index is 2.86. The van der Waals surface area contributed by atoms with E-state index in [-0.39, 0.29) is 0 Å². The first-order valence-electron chi connectivity index (χ1n) is 5.59. The van der Waals surface area contributed by atoms with Gasteiger partial charge in [-0.05, 0) is 41.7 Å². The van der Waals surface area contributed by atoms with E-state index in [1.807, 2.05) is 0 Å². The summed E-state index contributed by atoms with van der Waals surface area (Å²) in [6.45, 7) is 12.0. The lowest BCUT2D eigenvalue weighted by Gasteiger charge is -2.28. The van der Waals surface area contributed by atoms with Crippen molar-refractivity contribution in [1.82, 2.24) is 0 Å². The van der Waals surface area contributed by atoms with E-state index in [0.717, 1.165) is 23.7 Å². The van der Waals surface area contributed by atoms with Crippen LogP contribution in [0.1, 0.15) is 41.0 Å². The van der Waals surface area contributed by atoms with Gasteiger partial charge in [0.1, 0.15) is 0 Å². The van der Waals surface area contributed by atoms with Crippen molar-refractivity contribution in [2.45, 2.75) is 41.0 Å². The lowest BCUT2D eigenvalue weighted by Crippen LogP contribution is -2.20. The van der Waals surface area contributed by atoms with E-state index >= 15 is 0 Å². The van der Waals surface area contributed by atoms with E-state index < -0.39 is 0 Å². The molecule has 0 saturated heterocycles. The van der Waals surface area contributed by atoms with Crippen LogP contribution in [0.2, 0.25) is 0 Å². The maximum Gasteiger partial charge on any atom is -0.0324 e. The highest BCUT2D eigenvalue weighted by Crippen LogP contribution is 2.56. The summed E-state index contributed by atoms with van der Waals surface area (Å²) in [7, 11) is 2.86. The van der Waals surface area contributed by atoms with E-state index in [1.54, 1.807) is 0 Å². The molecular weight excluding hydrogens is 175 g/mol. The van der Waals surface area contributed by atoms with Crippen molar-refractivity contribution in [2.75, 3.05) is 6.16 Å². The largest absolute Gasteiger partial charge is 0.138 e. The van der Waals surface area contributed by atoms with E-state index in [0.29, 0.717) is 5.41 Å². The fraction of sp³-hybridized carbons (Fsp3) is 1.00. The standard InChI is InChI=1S/C12H25P/c1-8-10(6-7-13)11(8)9(2)12(3,4)5/h8-11H,6-7,13H2,1-5H3. The predicted molar refractivity (Wildman–Crippen MR) is 64.0 cm³/mol. The molecule has 0 radical (unpaired) electrons. The van der Waals surface area contributed by atoms with Crippen LogP contribution in [0.15, 0.2) is 0 Å². The van der Waals surface area contributed by atoms with Crippen molar-refractivity contribution >= 4 is 9.24 Å². The van der Waals surface area contributed by atoms with Crippen LogP contribution in [0.3, 0.4) is 0 Å². The molecule has 0 amide bonds. The third kappa shape index (κ3) is 2.46. The Bertz CT molecular complexity index is 168. The Hall–Kier alpha value is 0.430. The Balaban J connectivity index is 2.47. The van der Waals surface area contributed by atoms with Crippen LogP contribution in [-0.2, 0) is 0 Å². The first-order valence-corrected chi connectivity index (χ1v) is 6.41. The molecule has 13 heavy (non-hydrogen) atoms. The van der Waals surface area contributed by atoms with Gasteiger partial charge in [-0.2, -0.15) is 0 Å². The van der Waals surface area contributed by atoms with Gasteiger partial charge in [-0.25, -0.2) is 0 Å². The predicted octanol–water partition coefficient (Wildman–Crippen LogP) is 3.82. The molecular formula is C12H25P. The second-order valence-electron chi connectivity index (χ2n) is 5.83. The summed E-state index contributed by atoms with van der Waals surface area (Å²) in [6, 6.07) is 0. The van der Waals surface area contributed by atoms with Gasteiger partial charge in [0.05, 0.1) is 0 Å². The Morgan fingerprint density at radius 3 is 2.23 bits per heavy atom. The minimum atomic E-state index is 0.495. The van der Waals surface area contributed by atoms with E-state index in [2.05, 4.69) is 43.9 Å². The van der Waals surface area contributed by atoms with Gasteiger partial charge < -0.3 is 0 Å². The molecule has 5 unspecified atom stereocenters. The third-order valence-corrected chi connectivity index (χ3v) is 4.41. The van der Waals surface area contributed by atoms with Gasteiger partial charge in [0.2, 0.25) is 0 Å². The quantitative estimate of drug-likeness (QED) is 0.608. The summed E-state index contributed by atoms with van der Waals surface area (Å²) in [4.78, 5) is 0. The van der Waals surface area contributed by atoms with E-state index in [9.17, 15) is 0 Å². The normalized spacial score (nSPS) is 36.0. The topological polar surface area (TPSA) is 0 Å². The minimum Gasteiger partial charge on any atom is -0.138 e. The van der Waals surface area contributed by atoms with Gasteiger partial charge in [0, 0.05) is 0 Å². The molecule has 0 aliphatic heterocycles. The van der Waals surface area contributed by atoms with Crippen LogP contribution in [0.4, 0.5) is 0 Å². The van der Waals surface area contributed by atoms with Gasteiger partial charge in [0.25, 0.3) is 0 Å². The fourth-order valence-corrected chi connectivity index (χ4v) is 3.02. The molecule has 0 nitrogen and oxygen atoms in total. The second-order valence-corrected chi connectivity index (χ2v) is 6.41. The van der Waals surface area contributed by atoms with Crippen LogP contribution in [-0.4, -0.2) is 6.16 Å². The Kier molecular flexibility index (Phi) is 3.44. The maximum absolute atomic E-state index is 2.86. The highest BCUT2D eigenvalue weighted by atomic mass is 31.0. The number of rotatable bonds is 3. The zero-order valence-electron chi connectivity index (χ0n) is 9.80. The minimum absolute atomic E-state index is 0.495. The molecule has 78 valence electrons. The zero-order valence-corrected chi connectivity index (χ0v) is 11.0. The first-order chi connectivity index (χ1) is 5.89. The van der Waals surface area contributed by atoms with Crippen molar-refractivity contribution < 1.29 is 0 Å². The van der Waals surface area contributed by atoms with E-state index in [4.69, 9.17) is 0 Å². The van der Waals surface area contributed by atoms with Crippen molar-refractivity contribution in [3.05, 3.63) is 0 Å².